The molecule has 0 aliphatic rings. The van der Waals surface area contributed by atoms with Crippen LogP contribution in [0.3, 0.4) is 0 Å². The van der Waals surface area contributed by atoms with Crippen LogP contribution < -0.4 is 54.6 Å². The van der Waals surface area contributed by atoms with Crippen molar-refractivity contribution in [2.75, 3.05) is 0 Å². The van der Waals surface area contributed by atoms with Crippen molar-refractivity contribution in [3.05, 3.63) is 146 Å². The SMILES string of the molecule is Bc1c(B)c(B)c2c(B)c3c(c(B)c2c1B)c1c(B)c(B)c(B)c(B)c1n3-c1cc(-c2ccc(-c3nc(-c4ccccc4)nc(-c4ccc(-c5ccccc5)cc4)n3)cc2)c2c(c1)oc1ccccc12. The number of benzene rings is 9. The minimum atomic E-state index is 0.617. The van der Waals surface area contributed by atoms with Gasteiger partial charge in [0.15, 0.2) is 17.5 Å². The topological polar surface area (TPSA) is 56.7 Å². The lowest BCUT2D eigenvalue weighted by molar-refractivity contribution is 0.668. The molecule has 0 saturated carbocycles. The Bertz CT molecular complexity index is 4160. The third-order valence-electron chi connectivity index (χ3n) is 15.8. The summed E-state index contributed by atoms with van der Waals surface area (Å²) in [5, 5.41) is 7.60. The molecule has 0 aliphatic heterocycles. The molecular weight excluding hydrogens is 841 g/mol. The Morgan fingerprint density at radius 2 is 0.729 bits per heavy atom. The molecule has 0 spiro atoms. The molecule has 320 valence electrons. The van der Waals surface area contributed by atoms with E-state index in [4.69, 9.17) is 19.4 Å². The Hall–Kier alpha value is -7.50. The summed E-state index contributed by atoms with van der Waals surface area (Å²) in [6.45, 7) is 0. The van der Waals surface area contributed by atoms with Gasteiger partial charge in [0.05, 0.1) is 5.69 Å². The molecule has 0 aliphatic carbocycles. The van der Waals surface area contributed by atoms with Crippen molar-refractivity contribution in [3.63, 3.8) is 0 Å². The van der Waals surface area contributed by atoms with Crippen molar-refractivity contribution in [2.45, 2.75) is 0 Å². The Balaban J connectivity index is 1.08. The van der Waals surface area contributed by atoms with Gasteiger partial charge in [0.1, 0.15) is 89.6 Å². The average Bonchev–Trinajstić information content (AvgIpc) is 3.97. The van der Waals surface area contributed by atoms with E-state index in [9.17, 15) is 0 Å². The Labute approximate surface area is 417 Å². The Morgan fingerprint density at radius 1 is 0.314 bits per heavy atom. The van der Waals surface area contributed by atoms with Crippen LogP contribution in [0.15, 0.2) is 150 Å². The van der Waals surface area contributed by atoms with E-state index in [1.807, 2.05) is 24.3 Å². The molecule has 0 unspecified atom stereocenters. The predicted molar refractivity (Wildman–Crippen MR) is 328 cm³/mol. The molecule has 12 aromatic rings. The molecule has 0 saturated heterocycles. The molecule has 5 nitrogen and oxygen atoms in total. The van der Waals surface area contributed by atoms with Crippen LogP contribution in [0.2, 0.25) is 0 Å². The predicted octanol–water partition coefficient (Wildman–Crippen LogP) is -3.06. The van der Waals surface area contributed by atoms with Crippen LogP contribution in [0.4, 0.5) is 0 Å². The van der Waals surface area contributed by atoms with Gasteiger partial charge in [0, 0.05) is 49.9 Å². The lowest BCUT2D eigenvalue weighted by Crippen LogP contribution is -2.50. The Kier molecular flexibility index (Phi) is 10.4. The lowest BCUT2D eigenvalue weighted by Gasteiger charge is -2.22. The van der Waals surface area contributed by atoms with E-state index >= 15 is 0 Å². The number of furan rings is 1. The summed E-state index contributed by atoms with van der Waals surface area (Å²) in [5.41, 5.74) is 26.0. The minimum absolute atomic E-state index is 0.617. The number of hydrogen-bond donors (Lipinski definition) is 0. The largest absolute Gasteiger partial charge is 0.456 e. The molecular formula is C55H44B10N4O. The summed E-state index contributed by atoms with van der Waals surface area (Å²) in [6, 6.07) is 50.9. The molecule has 0 N–H and O–H groups in total. The normalized spacial score (nSPS) is 11.7. The highest BCUT2D eigenvalue weighted by atomic mass is 16.3. The molecule has 0 amide bonds. The molecule has 0 atom stereocenters. The lowest BCUT2D eigenvalue weighted by atomic mass is 9.61. The second kappa shape index (κ2) is 16.6. The fourth-order valence-electron chi connectivity index (χ4n) is 11.5. The van der Waals surface area contributed by atoms with Gasteiger partial charge in [0.25, 0.3) is 0 Å². The van der Waals surface area contributed by atoms with E-state index in [0.717, 1.165) is 61.0 Å². The molecule has 3 aromatic heterocycles. The van der Waals surface area contributed by atoms with Gasteiger partial charge >= 0.3 is 0 Å². The van der Waals surface area contributed by atoms with Crippen molar-refractivity contribution >= 4 is 188 Å². The van der Waals surface area contributed by atoms with E-state index < -0.39 is 0 Å². The van der Waals surface area contributed by atoms with Crippen molar-refractivity contribution in [3.8, 4) is 62.1 Å². The fraction of sp³-hybridized carbons (Fsp3) is 0. The van der Waals surface area contributed by atoms with Crippen LogP contribution in [-0.2, 0) is 0 Å². The van der Waals surface area contributed by atoms with Crippen molar-refractivity contribution < 1.29 is 4.42 Å². The van der Waals surface area contributed by atoms with Crippen LogP contribution >= 0.6 is 0 Å². The minimum Gasteiger partial charge on any atom is -0.456 e. The molecule has 15 heteroatoms. The van der Waals surface area contributed by atoms with Crippen molar-refractivity contribution in [2.24, 2.45) is 0 Å². The zero-order valence-electron chi connectivity index (χ0n) is 41.6. The summed E-state index contributed by atoms with van der Waals surface area (Å²) in [6.07, 6.45) is 0. The van der Waals surface area contributed by atoms with Gasteiger partial charge in [-0.15, -0.1) is 16.4 Å². The first-order chi connectivity index (χ1) is 33.9. The maximum absolute atomic E-state index is 6.86. The zero-order chi connectivity index (χ0) is 48.3. The molecule has 12 rings (SSSR count). The third-order valence-corrected chi connectivity index (χ3v) is 15.8. The first kappa shape index (κ1) is 43.8. The van der Waals surface area contributed by atoms with Gasteiger partial charge < -0.3 is 8.98 Å². The monoisotopic (exact) mass is 886 g/mol. The highest BCUT2D eigenvalue weighted by Crippen LogP contribution is 2.41. The van der Waals surface area contributed by atoms with Gasteiger partial charge in [-0.25, -0.2) is 15.0 Å². The van der Waals surface area contributed by atoms with E-state index in [2.05, 4.69) is 204 Å². The maximum Gasteiger partial charge on any atom is 0.164 e. The number of aromatic nitrogens is 4. The molecule has 3 heterocycles. The fourth-order valence-corrected chi connectivity index (χ4v) is 11.5. The van der Waals surface area contributed by atoms with Gasteiger partial charge in [-0.1, -0.05) is 166 Å². The van der Waals surface area contributed by atoms with Crippen LogP contribution in [0.25, 0.3) is 117 Å². The second-order valence-electron chi connectivity index (χ2n) is 19.4. The van der Waals surface area contributed by atoms with Gasteiger partial charge in [-0.05, 0) is 50.5 Å². The standard InChI is InChI=1S/C55H44B10N4O/c56-41-37-38(43(58)47(62)46(61)42(37)57)45(60)51-39(41)40-44(59)48(63)49(64)50(65)52(40)69(51)31-23-33(36-32-13-7-8-14-34(32)70-35(36)24-31)27-17-21-30(22-18-27)55-67-53(28-11-5-2-6-12-28)66-54(68-55)29-19-15-26(16-20-29)25-9-3-1-4-10-25/h1-24H,56-65H2. The first-order valence-electron chi connectivity index (χ1n) is 24.4. The maximum atomic E-state index is 6.86. The van der Waals surface area contributed by atoms with E-state index in [1.165, 1.54) is 92.8 Å². The smallest absolute Gasteiger partial charge is 0.164 e. The zero-order valence-corrected chi connectivity index (χ0v) is 41.6. The van der Waals surface area contributed by atoms with E-state index in [1.54, 1.807) is 0 Å². The average molecular weight is 885 g/mol. The molecule has 9 aromatic carbocycles. The van der Waals surface area contributed by atoms with Gasteiger partial charge in [-0.3, -0.25) is 0 Å². The third kappa shape index (κ3) is 6.65. The number of hydrogen-bond acceptors (Lipinski definition) is 4. The molecule has 0 fully saturated rings. The van der Waals surface area contributed by atoms with Crippen molar-refractivity contribution in [1.29, 1.82) is 0 Å². The number of para-hydroxylation sites is 1. The summed E-state index contributed by atoms with van der Waals surface area (Å²) in [4.78, 5) is 15.3. The van der Waals surface area contributed by atoms with Crippen LogP contribution in [-0.4, -0.2) is 98.0 Å². The number of rotatable bonds is 6. The summed E-state index contributed by atoms with van der Waals surface area (Å²) in [5.74, 6) is 1.88. The highest BCUT2D eigenvalue weighted by molar-refractivity contribution is 6.73. The van der Waals surface area contributed by atoms with E-state index in [-0.39, 0.29) is 0 Å². The van der Waals surface area contributed by atoms with Gasteiger partial charge in [-0.2, -0.15) is 0 Å². The van der Waals surface area contributed by atoms with Gasteiger partial charge in [0.2, 0.25) is 0 Å². The number of fused-ring (bicyclic) bond motifs is 7. The van der Waals surface area contributed by atoms with Crippen LogP contribution in [0.1, 0.15) is 0 Å². The summed E-state index contributed by atoms with van der Waals surface area (Å²) < 4.78 is 9.43. The summed E-state index contributed by atoms with van der Waals surface area (Å²) >= 11 is 0. The second-order valence-corrected chi connectivity index (χ2v) is 19.4. The van der Waals surface area contributed by atoms with Crippen LogP contribution in [0.5, 0.6) is 0 Å². The highest BCUT2D eigenvalue weighted by Gasteiger charge is 2.26. The molecule has 0 bridgehead atoms. The van der Waals surface area contributed by atoms with Crippen LogP contribution in [0, 0.1) is 0 Å². The first-order valence-corrected chi connectivity index (χ1v) is 24.4. The Morgan fingerprint density at radius 3 is 1.31 bits per heavy atom. The van der Waals surface area contributed by atoms with Crippen molar-refractivity contribution in [1.82, 2.24) is 19.5 Å². The molecule has 70 heavy (non-hydrogen) atoms. The quantitative estimate of drug-likeness (QED) is 0.167. The van der Waals surface area contributed by atoms with E-state index in [0.29, 0.717) is 17.5 Å². The molecule has 0 radical (unpaired) electrons. The summed E-state index contributed by atoms with van der Waals surface area (Å²) in [7, 11) is 23.1. The number of nitrogens with zero attached hydrogens (tertiary/aromatic N) is 4.